The lowest BCUT2D eigenvalue weighted by atomic mass is 9.97. The van der Waals surface area contributed by atoms with E-state index in [2.05, 4.69) is 16.0 Å². The molecule has 4 atom stereocenters. The van der Waals surface area contributed by atoms with Crippen LogP contribution in [0.3, 0.4) is 0 Å². The molecule has 0 aromatic heterocycles. The van der Waals surface area contributed by atoms with Crippen LogP contribution >= 0.6 is 11.6 Å². The van der Waals surface area contributed by atoms with Gasteiger partial charge in [-0.3, -0.25) is 28.8 Å². The minimum absolute atomic E-state index is 0.0208. The fraction of sp³-hybridized carbons (Fsp3) is 0.448. The number of nitrogens with one attached hydrogen (secondary N) is 3. The number of aliphatic carboxylic acids is 1. The smallest absolute Gasteiger partial charge is 0.303 e. The summed E-state index contributed by atoms with van der Waals surface area (Å²) in [5, 5.41) is 28.0. The van der Waals surface area contributed by atoms with Crippen molar-refractivity contribution in [1.82, 2.24) is 20.9 Å². The van der Waals surface area contributed by atoms with E-state index < -0.39 is 78.6 Å². The molecule has 1 saturated heterocycles. The maximum Gasteiger partial charge on any atom is 0.303 e. The molecule has 0 aliphatic carbocycles. The van der Waals surface area contributed by atoms with E-state index in [4.69, 9.17) is 22.4 Å². The van der Waals surface area contributed by atoms with E-state index >= 15 is 0 Å². The molecule has 1 aliphatic rings. The van der Waals surface area contributed by atoms with Gasteiger partial charge in [0.25, 0.3) is 0 Å². The number of fused-ring (bicyclic) bond motifs is 1. The Labute approximate surface area is 253 Å². The van der Waals surface area contributed by atoms with E-state index in [1.165, 1.54) is 4.90 Å². The Morgan fingerprint density at radius 1 is 0.953 bits per heavy atom. The summed E-state index contributed by atoms with van der Waals surface area (Å²) in [5.41, 5.74) is 5.98. The van der Waals surface area contributed by atoms with Crippen LogP contribution in [0.25, 0.3) is 10.8 Å². The molecule has 232 valence electrons. The second-order valence-electron chi connectivity index (χ2n) is 10.3. The molecule has 5 amide bonds. The molecule has 2 aromatic rings. The molecule has 3 rings (SSSR count). The SMILES string of the molecule is NC(=O)[C@H](CO)NC(=O)C(Cc1ccc2ccccc2c1)NC(=O)[C@@H]1CCCCN1C(=O)[C@H](CCC(=O)O)NC(=O)CCl. The standard InChI is InChI=1S/C29H36ClN5O8/c30-15-24(37)32-20(10-11-25(38)39)29(43)35-12-4-3-7-23(35)28(42)33-21(27(41)34-22(16-36)26(31)40)14-17-8-9-18-5-1-2-6-19(18)13-17/h1-2,5-6,8-9,13,20-23,36H,3-4,7,10-12,14-16H2,(H2,31,40)(H,32,37)(H,33,42)(H,34,41)(H,38,39)/t20-,21?,22-,23-/m0/s1. The van der Waals surface area contributed by atoms with Gasteiger partial charge >= 0.3 is 5.97 Å². The summed E-state index contributed by atoms with van der Waals surface area (Å²) < 4.78 is 0. The van der Waals surface area contributed by atoms with Gasteiger partial charge in [-0.15, -0.1) is 11.6 Å². The zero-order chi connectivity index (χ0) is 31.5. The molecule has 1 aliphatic heterocycles. The number of piperidine rings is 1. The molecule has 13 nitrogen and oxygen atoms in total. The summed E-state index contributed by atoms with van der Waals surface area (Å²) in [7, 11) is 0. The summed E-state index contributed by atoms with van der Waals surface area (Å²) >= 11 is 5.58. The Hall–Kier alpha value is -4.23. The number of nitrogens with zero attached hydrogens (tertiary/aromatic N) is 1. The van der Waals surface area contributed by atoms with E-state index in [0.29, 0.717) is 18.4 Å². The molecule has 0 radical (unpaired) electrons. The van der Waals surface area contributed by atoms with Gasteiger partial charge in [0.15, 0.2) is 0 Å². The Morgan fingerprint density at radius 3 is 2.33 bits per heavy atom. The van der Waals surface area contributed by atoms with E-state index in [9.17, 15) is 33.9 Å². The fourth-order valence-corrected chi connectivity index (χ4v) is 5.06. The number of carbonyl (C=O) groups is 6. The molecule has 0 saturated carbocycles. The molecule has 1 unspecified atom stereocenters. The Kier molecular flexibility index (Phi) is 12.3. The Bertz CT molecular complexity index is 1360. The van der Waals surface area contributed by atoms with Crippen molar-refractivity contribution in [2.24, 2.45) is 5.73 Å². The van der Waals surface area contributed by atoms with Gasteiger partial charge in [-0.2, -0.15) is 0 Å². The van der Waals surface area contributed by atoms with E-state index in [1.54, 1.807) is 6.07 Å². The van der Waals surface area contributed by atoms with Crippen LogP contribution in [0.15, 0.2) is 42.5 Å². The van der Waals surface area contributed by atoms with Gasteiger partial charge in [0.2, 0.25) is 29.5 Å². The first-order chi connectivity index (χ1) is 20.5. The third kappa shape index (κ3) is 9.38. The summed E-state index contributed by atoms with van der Waals surface area (Å²) in [5.74, 6) is -5.26. The molecular formula is C29H36ClN5O8. The van der Waals surface area contributed by atoms with Crippen molar-refractivity contribution in [3.05, 3.63) is 48.0 Å². The second-order valence-corrected chi connectivity index (χ2v) is 10.6. The van der Waals surface area contributed by atoms with Crippen molar-refractivity contribution in [2.75, 3.05) is 19.0 Å². The van der Waals surface area contributed by atoms with Gasteiger partial charge in [-0.05, 0) is 42.0 Å². The first kappa shape index (κ1) is 33.3. The zero-order valence-electron chi connectivity index (χ0n) is 23.5. The molecule has 14 heteroatoms. The third-order valence-corrected chi connectivity index (χ3v) is 7.46. The van der Waals surface area contributed by atoms with E-state index in [-0.39, 0.29) is 25.8 Å². The monoisotopic (exact) mass is 617 g/mol. The van der Waals surface area contributed by atoms with E-state index in [1.807, 2.05) is 36.4 Å². The van der Waals surface area contributed by atoms with Crippen LogP contribution < -0.4 is 21.7 Å². The van der Waals surface area contributed by atoms with Gasteiger partial charge in [0, 0.05) is 19.4 Å². The van der Waals surface area contributed by atoms with Crippen molar-refractivity contribution < 1.29 is 39.0 Å². The van der Waals surface area contributed by atoms with Crippen LogP contribution in [0, 0.1) is 0 Å². The average Bonchev–Trinajstić information content (AvgIpc) is 3.00. The van der Waals surface area contributed by atoms with Crippen LogP contribution in [-0.4, -0.2) is 93.8 Å². The largest absolute Gasteiger partial charge is 0.481 e. The second kappa shape index (κ2) is 15.8. The number of aliphatic hydroxyl groups is 1. The summed E-state index contributed by atoms with van der Waals surface area (Å²) in [6.45, 7) is -0.568. The fourth-order valence-electron chi connectivity index (χ4n) is 4.98. The highest BCUT2D eigenvalue weighted by atomic mass is 35.5. The summed E-state index contributed by atoms with van der Waals surface area (Å²) in [6.07, 6.45) is 0.853. The van der Waals surface area contributed by atoms with E-state index in [0.717, 1.165) is 10.8 Å². The number of nitrogens with two attached hydrogens (primary N) is 1. The maximum atomic E-state index is 13.7. The number of benzene rings is 2. The predicted molar refractivity (Wildman–Crippen MR) is 157 cm³/mol. The van der Waals surface area contributed by atoms with Crippen molar-refractivity contribution >= 4 is 57.9 Å². The van der Waals surface area contributed by atoms with Crippen molar-refractivity contribution in [3.8, 4) is 0 Å². The number of carboxylic acid groups (broad SMARTS) is 1. The van der Waals surface area contributed by atoms with Crippen LogP contribution in [0.2, 0.25) is 0 Å². The summed E-state index contributed by atoms with van der Waals surface area (Å²) in [6, 6.07) is 8.30. The van der Waals surface area contributed by atoms with Gasteiger partial charge in [0.1, 0.15) is 30.0 Å². The minimum atomic E-state index is -1.38. The predicted octanol–water partition coefficient (Wildman–Crippen LogP) is -0.201. The van der Waals surface area contributed by atoms with Crippen molar-refractivity contribution in [3.63, 3.8) is 0 Å². The van der Waals surface area contributed by atoms with Crippen LogP contribution in [-0.2, 0) is 35.2 Å². The maximum absolute atomic E-state index is 13.7. The number of hydrogen-bond acceptors (Lipinski definition) is 7. The molecule has 1 fully saturated rings. The lowest BCUT2D eigenvalue weighted by molar-refractivity contribution is -0.146. The number of primary amides is 1. The molecule has 0 bridgehead atoms. The van der Waals surface area contributed by atoms with Crippen LogP contribution in [0.4, 0.5) is 0 Å². The lowest BCUT2D eigenvalue weighted by Crippen LogP contribution is -2.61. The average molecular weight is 618 g/mol. The number of likely N-dealkylation sites (tertiary alicyclic amines) is 1. The zero-order valence-corrected chi connectivity index (χ0v) is 24.2. The molecule has 7 N–H and O–H groups in total. The molecule has 43 heavy (non-hydrogen) atoms. The highest BCUT2D eigenvalue weighted by molar-refractivity contribution is 6.27. The molecule has 2 aromatic carbocycles. The number of carboxylic acids is 1. The normalized spacial score (nSPS) is 16.9. The third-order valence-electron chi connectivity index (χ3n) is 7.22. The molecule has 0 spiro atoms. The number of rotatable bonds is 14. The first-order valence-corrected chi connectivity index (χ1v) is 14.4. The highest BCUT2D eigenvalue weighted by Crippen LogP contribution is 2.21. The lowest BCUT2D eigenvalue weighted by Gasteiger charge is -2.37. The van der Waals surface area contributed by atoms with Gasteiger partial charge in [-0.25, -0.2) is 0 Å². The van der Waals surface area contributed by atoms with Crippen molar-refractivity contribution in [1.29, 1.82) is 0 Å². The molecular weight excluding hydrogens is 582 g/mol. The number of hydrogen-bond donors (Lipinski definition) is 6. The van der Waals surface area contributed by atoms with Gasteiger partial charge < -0.3 is 36.8 Å². The molecule has 1 heterocycles. The van der Waals surface area contributed by atoms with Crippen LogP contribution in [0.5, 0.6) is 0 Å². The topological polar surface area (TPSA) is 208 Å². The van der Waals surface area contributed by atoms with Crippen LogP contribution in [0.1, 0.15) is 37.7 Å². The van der Waals surface area contributed by atoms with Gasteiger partial charge in [0.05, 0.1) is 6.61 Å². The minimum Gasteiger partial charge on any atom is -0.481 e. The quantitative estimate of drug-likeness (QED) is 0.156. The number of carbonyl (C=O) groups excluding carboxylic acids is 5. The first-order valence-electron chi connectivity index (χ1n) is 13.9. The number of halogens is 1. The Morgan fingerprint density at radius 2 is 1.67 bits per heavy atom. The summed E-state index contributed by atoms with van der Waals surface area (Å²) in [4.78, 5) is 76.6. The number of amides is 5. The Balaban J connectivity index is 1.86. The van der Waals surface area contributed by atoms with Gasteiger partial charge in [-0.1, -0.05) is 42.5 Å². The van der Waals surface area contributed by atoms with Crippen molar-refractivity contribution in [2.45, 2.75) is 62.7 Å². The number of aliphatic hydroxyl groups excluding tert-OH is 1. The highest BCUT2D eigenvalue weighted by Gasteiger charge is 2.38. The number of alkyl halides is 1.